The van der Waals surface area contributed by atoms with Gasteiger partial charge in [-0.15, -0.1) is 0 Å². The van der Waals surface area contributed by atoms with E-state index in [1.165, 1.54) is 0 Å². The highest BCUT2D eigenvalue weighted by molar-refractivity contribution is 6.10. The van der Waals surface area contributed by atoms with Crippen LogP contribution in [0.25, 0.3) is 0 Å². The standard InChI is InChI=1S/C20H27N3O3/c1-4-15-10-8-9-14(2)17(15)21-16(24)13-23-18(25)20(22(3)19(23)26)11-6-5-7-12-20/h8-10H,4-7,11-13H2,1-3H3,(H,21,24). The summed E-state index contributed by atoms with van der Waals surface area (Å²) in [5.74, 6) is -0.558. The maximum absolute atomic E-state index is 13.0. The first kappa shape index (κ1) is 18.4. The zero-order valence-corrected chi connectivity index (χ0v) is 15.8. The number of hydrogen-bond donors (Lipinski definition) is 1. The smallest absolute Gasteiger partial charge is 0.324 e. The van der Waals surface area contributed by atoms with Crippen LogP contribution in [0.4, 0.5) is 10.5 Å². The van der Waals surface area contributed by atoms with Crippen molar-refractivity contribution in [3.05, 3.63) is 29.3 Å². The lowest BCUT2D eigenvalue weighted by atomic mass is 9.81. The van der Waals surface area contributed by atoms with Crippen molar-refractivity contribution in [1.82, 2.24) is 9.80 Å². The Labute approximate surface area is 154 Å². The Morgan fingerprint density at radius 2 is 1.88 bits per heavy atom. The molecule has 1 aromatic rings. The van der Waals surface area contributed by atoms with E-state index in [4.69, 9.17) is 0 Å². The number of likely N-dealkylation sites (N-methyl/N-ethyl adjacent to an activating group) is 1. The fourth-order valence-electron chi connectivity index (χ4n) is 4.20. The van der Waals surface area contributed by atoms with Crippen LogP contribution in [-0.2, 0) is 16.0 Å². The summed E-state index contributed by atoms with van der Waals surface area (Å²) < 4.78 is 0. The first-order chi connectivity index (χ1) is 12.4. The summed E-state index contributed by atoms with van der Waals surface area (Å²) in [6.45, 7) is 3.73. The highest BCUT2D eigenvalue weighted by atomic mass is 16.2. The van der Waals surface area contributed by atoms with Crippen LogP contribution >= 0.6 is 0 Å². The molecule has 1 heterocycles. The molecule has 0 bridgehead atoms. The summed E-state index contributed by atoms with van der Waals surface area (Å²) in [6, 6.07) is 5.50. The van der Waals surface area contributed by atoms with Gasteiger partial charge in [-0.05, 0) is 37.3 Å². The van der Waals surface area contributed by atoms with E-state index in [0.717, 1.165) is 47.4 Å². The van der Waals surface area contributed by atoms with Gasteiger partial charge in [0.05, 0.1) is 0 Å². The van der Waals surface area contributed by atoms with E-state index < -0.39 is 5.54 Å². The van der Waals surface area contributed by atoms with Gasteiger partial charge in [0.25, 0.3) is 5.91 Å². The van der Waals surface area contributed by atoms with Crippen LogP contribution in [0.3, 0.4) is 0 Å². The Kier molecular flexibility index (Phi) is 5.03. The molecule has 0 radical (unpaired) electrons. The van der Waals surface area contributed by atoms with Gasteiger partial charge >= 0.3 is 6.03 Å². The predicted octanol–water partition coefficient (Wildman–Crippen LogP) is 3.09. The molecule has 1 aromatic carbocycles. The monoisotopic (exact) mass is 357 g/mol. The van der Waals surface area contributed by atoms with Crippen molar-refractivity contribution in [3.63, 3.8) is 0 Å². The summed E-state index contributed by atoms with van der Waals surface area (Å²) in [5, 5.41) is 2.90. The van der Waals surface area contributed by atoms with E-state index >= 15 is 0 Å². The minimum Gasteiger partial charge on any atom is -0.324 e. The quantitative estimate of drug-likeness (QED) is 0.842. The molecule has 1 aliphatic heterocycles. The number of imide groups is 1. The molecule has 6 nitrogen and oxygen atoms in total. The number of amides is 4. The van der Waals surface area contributed by atoms with Gasteiger partial charge < -0.3 is 10.2 Å². The first-order valence-corrected chi connectivity index (χ1v) is 9.39. The minimum atomic E-state index is -0.743. The van der Waals surface area contributed by atoms with E-state index in [-0.39, 0.29) is 24.4 Å². The second-order valence-electron chi connectivity index (χ2n) is 7.34. The third-order valence-electron chi connectivity index (χ3n) is 5.79. The molecule has 6 heteroatoms. The summed E-state index contributed by atoms with van der Waals surface area (Å²) in [4.78, 5) is 40.8. The predicted molar refractivity (Wildman–Crippen MR) is 99.9 cm³/mol. The van der Waals surface area contributed by atoms with Gasteiger partial charge in [-0.1, -0.05) is 44.4 Å². The highest BCUT2D eigenvalue weighted by Gasteiger charge is 2.55. The Bertz CT molecular complexity index is 738. The average Bonchev–Trinajstić information content (AvgIpc) is 2.80. The van der Waals surface area contributed by atoms with Crippen molar-refractivity contribution >= 4 is 23.5 Å². The number of benzene rings is 1. The van der Waals surface area contributed by atoms with E-state index in [9.17, 15) is 14.4 Å². The van der Waals surface area contributed by atoms with E-state index in [2.05, 4.69) is 5.32 Å². The van der Waals surface area contributed by atoms with Gasteiger partial charge in [0.1, 0.15) is 12.1 Å². The average molecular weight is 357 g/mol. The molecular weight excluding hydrogens is 330 g/mol. The zero-order chi connectivity index (χ0) is 18.9. The van der Waals surface area contributed by atoms with Crippen molar-refractivity contribution < 1.29 is 14.4 Å². The number of carbonyl (C=O) groups is 3. The third kappa shape index (κ3) is 2.97. The molecule has 1 saturated carbocycles. The lowest BCUT2D eigenvalue weighted by molar-refractivity contribution is -0.136. The Hall–Kier alpha value is -2.37. The van der Waals surface area contributed by atoms with Gasteiger partial charge in [-0.2, -0.15) is 0 Å². The number of anilines is 1. The highest BCUT2D eigenvalue weighted by Crippen LogP contribution is 2.39. The molecule has 0 unspecified atom stereocenters. The van der Waals surface area contributed by atoms with Crippen molar-refractivity contribution in [2.75, 3.05) is 18.9 Å². The molecule has 2 fully saturated rings. The lowest BCUT2D eigenvalue weighted by Crippen LogP contribution is -2.49. The summed E-state index contributed by atoms with van der Waals surface area (Å²) >= 11 is 0. The Morgan fingerprint density at radius 1 is 1.19 bits per heavy atom. The summed E-state index contributed by atoms with van der Waals surface area (Å²) in [5.41, 5.74) is 2.04. The molecule has 2 aliphatic rings. The van der Waals surface area contributed by atoms with Crippen molar-refractivity contribution in [2.45, 2.75) is 57.9 Å². The molecule has 1 aliphatic carbocycles. The molecule has 26 heavy (non-hydrogen) atoms. The normalized spacial score (nSPS) is 19.3. The number of para-hydroxylation sites is 1. The molecular formula is C20H27N3O3. The lowest BCUT2D eigenvalue weighted by Gasteiger charge is -2.35. The number of carbonyl (C=O) groups excluding carboxylic acids is 3. The molecule has 140 valence electrons. The summed E-state index contributed by atoms with van der Waals surface area (Å²) in [7, 11) is 1.68. The van der Waals surface area contributed by atoms with Gasteiger partial charge in [-0.3, -0.25) is 14.5 Å². The van der Waals surface area contributed by atoms with E-state index in [1.54, 1.807) is 11.9 Å². The van der Waals surface area contributed by atoms with Crippen LogP contribution in [0.2, 0.25) is 0 Å². The molecule has 0 aromatic heterocycles. The number of rotatable bonds is 4. The van der Waals surface area contributed by atoms with Gasteiger partial charge in [0, 0.05) is 12.7 Å². The van der Waals surface area contributed by atoms with Gasteiger partial charge in [0.2, 0.25) is 5.91 Å². The fraction of sp³-hybridized carbons (Fsp3) is 0.550. The van der Waals surface area contributed by atoms with Crippen LogP contribution in [0.5, 0.6) is 0 Å². The van der Waals surface area contributed by atoms with Crippen LogP contribution in [0.1, 0.15) is 50.2 Å². The summed E-state index contributed by atoms with van der Waals surface area (Å²) in [6.07, 6.45) is 5.13. The van der Waals surface area contributed by atoms with Crippen molar-refractivity contribution in [1.29, 1.82) is 0 Å². The Balaban J connectivity index is 1.76. The molecule has 1 saturated heterocycles. The van der Waals surface area contributed by atoms with Crippen LogP contribution < -0.4 is 5.32 Å². The van der Waals surface area contributed by atoms with Gasteiger partial charge in [-0.25, -0.2) is 4.79 Å². The maximum Gasteiger partial charge on any atom is 0.327 e. The molecule has 1 N–H and O–H groups in total. The molecule has 1 spiro atoms. The molecule has 4 amide bonds. The van der Waals surface area contributed by atoms with E-state index in [0.29, 0.717) is 12.8 Å². The van der Waals surface area contributed by atoms with E-state index in [1.807, 2.05) is 32.0 Å². The van der Waals surface area contributed by atoms with Crippen molar-refractivity contribution in [3.8, 4) is 0 Å². The van der Waals surface area contributed by atoms with Crippen LogP contribution in [0.15, 0.2) is 18.2 Å². The van der Waals surface area contributed by atoms with Crippen LogP contribution in [-0.4, -0.2) is 46.8 Å². The Morgan fingerprint density at radius 3 is 2.54 bits per heavy atom. The molecule has 3 rings (SSSR count). The second-order valence-corrected chi connectivity index (χ2v) is 7.34. The largest absolute Gasteiger partial charge is 0.327 e. The number of urea groups is 1. The second kappa shape index (κ2) is 7.09. The minimum absolute atomic E-state index is 0.222. The maximum atomic E-state index is 13.0. The third-order valence-corrected chi connectivity index (χ3v) is 5.79. The van der Waals surface area contributed by atoms with Crippen molar-refractivity contribution in [2.24, 2.45) is 0 Å². The number of aryl methyl sites for hydroxylation is 2. The zero-order valence-electron chi connectivity index (χ0n) is 15.8. The van der Waals surface area contributed by atoms with Gasteiger partial charge in [0.15, 0.2) is 0 Å². The molecule has 0 atom stereocenters. The van der Waals surface area contributed by atoms with Crippen LogP contribution in [0, 0.1) is 6.92 Å². The fourth-order valence-corrected chi connectivity index (χ4v) is 4.20. The SMILES string of the molecule is CCc1cccc(C)c1NC(=O)CN1C(=O)N(C)C2(CCCCC2)C1=O. The number of hydrogen-bond acceptors (Lipinski definition) is 3. The number of nitrogens with one attached hydrogen (secondary N) is 1. The topological polar surface area (TPSA) is 69.7 Å². The first-order valence-electron chi connectivity index (χ1n) is 9.39. The number of nitrogens with zero attached hydrogens (tertiary/aromatic N) is 2.